The Bertz CT molecular complexity index is 545. The van der Waals surface area contributed by atoms with Gasteiger partial charge in [0.05, 0.1) is 10.4 Å². The van der Waals surface area contributed by atoms with Gasteiger partial charge in [0.1, 0.15) is 0 Å². The standard InChI is InChI=1S/C13H14BrClN2S/c1-7-5-9(6-8(2)12(7)14)13(17-16)10-3-4-11(15)18-10/h3-6,13,17H,16H2,1-2H3. The number of hydrogen-bond donors (Lipinski definition) is 2. The zero-order valence-corrected chi connectivity index (χ0v) is 13.3. The number of hydrogen-bond acceptors (Lipinski definition) is 3. The van der Waals surface area contributed by atoms with Gasteiger partial charge in [-0.2, -0.15) is 0 Å². The molecule has 1 unspecified atom stereocenters. The van der Waals surface area contributed by atoms with E-state index in [2.05, 4.69) is 47.3 Å². The number of aryl methyl sites for hydroxylation is 2. The second-order valence-electron chi connectivity index (χ2n) is 4.21. The molecule has 0 spiro atoms. The summed E-state index contributed by atoms with van der Waals surface area (Å²) in [7, 11) is 0. The smallest absolute Gasteiger partial charge is 0.0931 e. The predicted molar refractivity (Wildman–Crippen MR) is 82.1 cm³/mol. The highest BCUT2D eigenvalue weighted by Crippen LogP contribution is 2.33. The molecule has 1 heterocycles. The fourth-order valence-electron chi connectivity index (χ4n) is 1.97. The van der Waals surface area contributed by atoms with Crippen LogP contribution in [0.5, 0.6) is 0 Å². The van der Waals surface area contributed by atoms with Crippen molar-refractivity contribution >= 4 is 38.9 Å². The highest BCUT2D eigenvalue weighted by Gasteiger charge is 2.16. The van der Waals surface area contributed by atoms with Crippen LogP contribution in [0.3, 0.4) is 0 Å². The number of rotatable bonds is 3. The largest absolute Gasteiger partial charge is 0.271 e. The van der Waals surface area contributed by atoms with Gasteiger partial charge in [-0.15, -0.1) is 11.3 Å². The van der Waals surface area contributed by atoms with Crippen LogP contribution in [-0.2, 0) is 0 Å². The van der Waals surface area contributed by atoms with E-state index in [0.717, 1.165) is 19.2 Å². The van der Waals surface area contributed by atoms with Crippen LogP contribution in [0.4, 0.5) is 0 Å². The second-order valence-corrected chi connectivity index (χ2v) is 6.75. The van der Waals surface area contributed by atoms with Crippen molar-refractivity contribution in [2.45, 2.75) is 19.9 Å². The average Bonchev–Trinajstić information content (AvgIpc) is 2.73. The summed E-state index contributed by atoms with van der Waals surface area (Å²) in [4.78, 5) is 1.11. The first-order valence-corrected chi connectivity index (χ1v) is 7.49. The van der Waals surface area contributed by atoms with E-state index in [1.165, 1.54) is 11.1 Å². The molecule has 0 saturated heterocycles. The van der Waals surface area contributed by atoms with Gasteiger partial charge in [0.15, 0.2) is 0 Å². The fraction of sp³-hybridized carbons (Fsp3) is 0.231. The fourth-order valence-corrected chi connectivity index (χ4v) is 3.35. The maximum absolute atomic E-state index is 5.98. The Balaban J connectivity index is 2.45. The van der Waals surface area contributed by atoms with Gasteiger partial charge in [-0.25, -0.2) is 5.43 Å². The van der Waals surface area contributed by atoms with E-state index in [4.69, 9.17) is 17.4 Å². The summed E-state index contributed by atoms with van der Waals surface area (Å²) >= 11 is 11.1. The maximum atomic E-state index is 5.98. The Kier molecular flexibility index (Phi) is 4.45. The molecule has 1 aromatic heterocycles. The molecule has 2 rings (SSSR count). The normalized spacial score (nSPS) is 12.7. The minimum Gasteiger partial charge on any atom is -0.271 e. The van der Waals surface area contributed by atoms with Gasteiger partial charge in [-0.1, -0.05) is 39.7 Å². The summed E-state index contributed by atoms with van der Waals surface area (Å²) in [5.41, 5.74) is 6.41. The summed E-state index contributed by atoms with van der Waals surface area (Å²) < 4.78 is 1.92. The first-order valence-electron chi connectivity index (χ1n) is 5.51. The molecule has 0 aliphatic heterocycles. The van der Waals surface area contributed by atoms with Crippen molar-refractivity contribution in [2.24, 2.45) is 5.84 Å². The van der Waals surface area contributed by atoms with E-state index in [-0.39, 0.29) is 6.04 Å². The lowest BCUT2D eigenvalue weighted by Crippen LogP contribution is -2.28. The molecule has 0 fully saturated rings. The Hall–Kier alpha value is -0.390. The van der Waals surface area contributed by atoms with Gasteiger partial charge in [-0.05, 0) is 42.7 Å². The van der Waals surface area contributed by atoms with Gasteiger partial charge in [0.2, 0.25) is 0 Å². The van der Waals surface area contributed by atoms with E-state index in [1.807, 2.05) is 12.1 Å². The lowest BCUT2D eigenvalue weighted by Gasteiger charge is -2.17. The van der Waals surface area contributed by atoms with Gasteiger partial charge in [0.25, 0.3) is 0 Å². The number of thiophene rings is 1. The van der Waals surface area contributed by atoms with Gasteiger partial charge < -0.3 is 0 Å². The summed E-state index contributed by atoms with van der Waals surface area (Å²) in [6.45, 7) is 4.16. The molecular formula is C13H14BrClN2S. The molecule has 5 heteroatoms. The molecule has 0 bridgehead atoms. The topological polar surface area (TPSA) is 38.0 Å². The van der Waals surface area contributed by atoms with E-state index in [9.17, 15) is 0 Å². The Labute approximate surface area is 124 Å². The third-order valence-corrected chi connectivity index (χ3v) is 5.38. The molecule has 0 amide bonds. The summed E-state index contributed by atoms with van der Waals surface area (Å²) in [5.74, 6) is 5.69. The van der Waals surface area contributed by atoms with Crippen LogP contribution in [-0.4, -0.2) is 0 Å². The van der Waals surface area contributed by atoms with Crippen molar-refractivity contribution < 1.29 is 0 Å². The molecule has 2 nitrogen and oxygen atoms in total. The van der Waals surface area contributed by atoms with Crippen LogP contribution in [0.2, 0.25) is 4.34 Å². The molecule has 1 atom stereocenters. The number of nitrogens with two attached hydrogens (primary N) is 1. The molecule has 0 radical (unpaired) electrons. The first-order chi connectivity index (χ1) is 8.52. The van der Waals surface area contributed by atoms with E-state index in [1.54, 1.807) is 11.3 Å². The molecule has 1 aromatic carbocycles. The molecule has 18 heavy (non-hydrogen) atoms. The zero-order valence-electron chi connectivity index (χ0n) is 10.1. The van der Waals surface area contributed by atoms with Crippen molar-refractivity contribution in [3.8, 4) is 0 Å². The van der Waals surface area contributed by atoms with Crippen molar-refractivity contribution in [3.63, 3.8) is 0 Å². The minimum absolute atomic E-state index is 0.0204. The monoisotopic (exact) mass is 344 g/mol. The third kappa shape index (κ3) is 2.78. The number of nitrogens with one attached hydrogen (secondary N) is 1. The van der Waals surface area contributed by atoms with Crippen LogP contribution < -0.4 is 11.3 Å². The van der Waals surface area contributed by atoms with Crippen LogP contribution in [0.1, 0.15) is 27.6 Å². The molecular weight excluding hydrogens is 332 g/mol. The molecule has 0 aliphatic carbocycles. The average molecular weight is 346 g/mol. The third-order valence-electron chi connectivity index (χ3n) is 2.84. The molecule has 0 aliphatic rings. The van der Waals surface area contributed by atoms with Crippen LogP contribution in [0.25, 0.3) is 0 Å². The molecule has 96 valence electrons. The van der Waals surface area contributed by atoms with Gasteiger partial charge in [-0.3, -0.25) is 5.84 Å². The minimum atomic E-state index is -0.0204. The Morgan fingerprint density at radius 1 is 1.28 bits per heavy atom. The van der Waals surface area contributed by atoms with Crippen LogP contribution in [0, 0.1) is 13.8 Å². The van der Waals surface area contributed by atoms with Crippen molar-refractivity contribution in [1.29, 1.82) is 0 Å². The maximum Gasteiger partial charge on any atom is 0.0931 e. The molecule has 0 saturated carbocycles. The van der Waals surface area contributed by atoms with Gasteiger partial charge >= 0.3 is 0 Å². The number of benzene rings is 1. The highest BCUT2D eigenvalue weighted by atomic mass is 79.9. The number of hydrazine groups is 1. The van der Waals surface area contributed by atoms with Gasteiger partial charge in [0, 0.05) is 9.35 Å². The van der Waals surface area contributed by atoms with Crippen LogP contribution >= 0.6 is 38.9 Å². The molecule has 3 N–H and O–H groups in total. The van der Waals surface area contributed by atoms with E-state index < -0.39 is 0 Å². The summed E-state index contributed by atoms with van der Waals surface area (Å²) in [5, 5.41) is 0. The summed E-state index contributed by atoms with van der Waals surface area (Å²) in [6, 6.07) is 8.15. The summed E-state index contributed by atoms with van der Waals surface area (Å²) in [6.07, 6.45) is 0. The lowest BCUT2D eigenvalue weighted by atomic mass is 10.0. The highest BCUT2D eigenvalue weighted by molar-refractivity contribution is 9.10. The van der Waals surface area contributed by atoms with Crippen molar-refractivity contribution in [1.82, 2.24) is 5.43 Å². The number of halogens is 2. The van der Waals surface area contributed by atoms with E-state index in [0.29, 0.717) is 0 Å². The SMILES string of the molecule is Cc1cc(C(NN)c2ccc(Cl)s2)cc(C)c1Br. The van der Waals surface area contributed by atoms with Crippen molar-refractivity contribution in [2.75, 3.05) is 0 Å². The zero-order chi connectivity index (χ0) is 13.3. The first kappa shape index (κ1) is 14.0. The predicted octanol–water partition coefficient (Wildman–Crippen LogP) is 4.33. The Morgan fingerprint density at radius 2 is 1.89 bits per heavy atom. The molecule has 2 aromatic rings. The quantitative estimate of drug-likeness (QED) is 0.642. The van der Waals surface area contributed by atoms with Crippen LogP contribution in [0.15, 0.2) is 28.7 Å². The van der Waals surface area contributed by atoms with Crippen molar-refractivity contribution in [3.05, 3.63) is 54.6 Å². The van der Waals surface area contributed by atoms with E-state index >= 15 is 0 Å². The Morgan fingerprint density at radius 3 is 2.33 bits per heavy atom. The lowest BCUT2D eigenvalue weighted by molar-refractivity contribution is 0.645. The second kappa shape index (κ2) is 5.72.